The number of alkyl carbamates (subject to hydrolysis) is 1. The van der Waals surface area contributed by atoms with E-state index >= 15 is 0 Å². The Morgan fingerprint density at radius 3 is 2.08 bits per heavy atom. The average Bonchev–Trinajstić information content (AvgIpc) is 3.06. The standard InChI is InChI=1S/C27H44N4O6/c1-25(2,3)20(30-24(36)37-26(4,5)6)23(35)31-13-15-17(27(15,7)8)18(31)22(34)29-16(19(32)21(28)33)12-14-10-9-11-14/h14-18,20H,9-13H2,1-8H3,(H2,28,33)(H,29,34)(H,30,36)/t15-,16?,17-,18-,20+/m0/s1. The number of piperidine rings is 1. The third-order valence-electron chi connectivity index (χ3n) is 8.20. The van der Waals surface area contributed by atoms with Crippen molar-refractivity contribution in [1.29, 1.82) is 0 Å². The molecule has 5 atom stereocenters. The van der Waals surface area contributed by atoms with Gasteiger partial charge in [0.05, 0.1) is 6.04 Å². The van der Waals surface area contributed by atoms with E-state index in [1.165, 1.54) is 4.90 Å². The number of nitrogens with zero attached hydrogens (tertiary/aromatic N) is 1. The molecule has 1 unspecified atom stereocenters. The fraction of sp³-hybridized carbons (Fsp3) is 0.815. The molecule has 1 aliphatic heterocycles. The van der Waals surface area contributed by atoms with Crippen LogP contribution in [0.3, 0.4) is 0 Å². The molecular weight excluding hydrogens is 476 g/mol. The van der Waals surface area contributed by atoms with Crippen LogP contribution in [0.4, 0.5) is 4.79 Å². The molecule has 0 aromatic heterocycles. The number of nitrogens with two attached hydrogens (primary N) is 1. The number of amides is 4. The van der Waals surface area contributed by atoms with E-state index in [1.807, 2.05) is 20.8 Å². The van der Waals surface area contributed by atoms with E-state index in [0.29, 0.717) is 13.0 Å². The number of hydrogen-bond donors (Lipinski definition) is 3. The highest BCUT2D eigenvalue weighted by atomic mass is 16.6. The van der Waals surface area contributed by atoms with E-state index < -0.39 is 52.8 Å². The Morgan fingerprint density at radius 2 is 1.62 bits per heavy atom. The molecule has 1 heterocycles. The van der Waals surface area contributed by atoms with Gasteiger partial charge in [-0.15, -0.1) is 0 Å². The average molecular weight is 521 g/mol. The minimum atomic E-state index is -1.08. The number of carbonyl (C=O) groups excluding carboxylic acids is 5. The molecule has 208 valence electrons. The molecule has 1 saturated heterocycles. The number of rotatable bonds is 8. The van der Waals surface area contributed by atoms with Crippen LogP contribution in [0.1, 0.15) is 81.1 Å². The molecule has 10 nitrogen and oxygen atoms in total. The highest BCUT2D eigenvalue weighted by Gasteiger charge is 2.70. The lowest BCUT2D eigenvalue weighted by atomic mass is 9.80. The van der Waals surface area contributed by atoms with Gasteiger partial charge in [0.1, 0.15) is 17.7 Å². The maximum absolute atomic E-state index is 13.9. The van der Waals surface area contributed by atoms with Crippen LogP contribution in [0.2, 0.25) is 0 Å². The predicted molar refractivity (Wildman–Crippen MR) is 137 cm³/mol. The summed E-state index contributed by atoms with van der Waals surface area (Å²) in [5.74, 6) is -2.46. The Hall–Kier alpha value is -2.65. The van der Waals surface area contributed by atoms with E-state index in [1.54, 1.807) is 20.8 Å². The third-order valence-corrected chi connectivity index (χ3v) is 8.20. The first kappa shape index (κ1) is 28.9. The summed E-state index contributed by atoms with van der Waals surface area (Å²) in [4.78, 5) is 65.9. The van der Waals surface area contributed by atoms with Gasteiger partial charge < -0.3 is 26.0 Å². The number of likely N-dealkylation sites (tertiary alicyclic amines) is 1. The third kappa shape index (κ3) is 6.26. The van der Waals surface area contributed by atoms with Gasteiger partial charge in [0.15, 0.2) is 0 Å². The molecule has 10 heteroatoms. The van der Waals surface area contributed by atoms with Crippen molar-refractivity contribution in [3.63, 3.8) is 0 Å². The zero-order valence-electron chi connectivity index (χ0n) is 23.5. The SMILES string of the molecule is CC(C)(C)OC(=O)N[C@H](C(=O)N1C[C@H]2[C@@H]([C@H]1C(=O)NC(CC1CCC1)C(=O)C(N)=O)C2(C)C)C(C)(C)C. The van der Waals surface area contributed by atoms with Gasteiger partial charge in [-0.25, -0.2) is 4.79 Å². The van der Waals surface area contributed by atoms with Crippen LogP contribution in [0.15, 0.2) is 0 Å². The highest BCUT2D eigenvalue weighted by molar-refractivity contribution is 6.37. The van der Waals surface area contributed by atoms with Crippen molar-refractivity contribution in [2.24, 2.45) is 34.3 Å². The largest absolute Gasteiger partial charge is 0.444 e. The van der Waals surface area contributed by atoms with Crippen LogP contribution in [0, 0.1) is 28.6 Å². The lowest BCUT2D eigenvalue weighted by Gasteiger charge is -2.38. The molecule has 2 saturated carbocycles. The summed E-state index contributed by atoms with van der Waals surface area (Å²) in [6.45, 7) is 15.2. The Balaban J connectivity index is 1.83. The van der Waals surface area contributed by atoms with Crippen molar-refractivity contribution in [3.8, 4) is 0 Å². The topological polar surface area (TPSA) is 148 Å². The molecule has 3 fully saturated rings. The van der Waals surface area contributed by atoms with E-state index in [0.717, 1.165) is 19.3 Å². The fourth-order valence-electron chi connectivity index (χ4n) is 5.78. The van der Waals surface area contributed by atoms with E-state index in [-0.39, 0.29) is 29.1 Å². The second-order valence-electron chi connectivity index (χ2n) is 13.7. The number of ether oxygens (including phenoxy) is 1. The molecule has 0 radical (unpaired) electrons. The summed E-state index contributed by atoms with van der Waals surface area (Å²) in [6, 6.07) is -2.76. The maximum Gasteiger partial charge on any atom is 0.408 e. The summed E-state index contributed by atoms with van der Waals surface area (Å²) in [6.07, 6.45) is 2.58. The number of carbonyl (C=O) groups is 5. The molecule has 0 aromatic rings. The van der Waals surface area contributed by atoms with Crippen LogP contribution < -0.4 is 16.4 Å². The summed E-state index contributed by atoms with van der Waals surface area (Å²) in [7, 11) is 0. The number of primary amides is 1. The van der Waals surface area contributed by atoms with Gasteiger partial charge in [-0.1, -0.05) is 53.9 Å². The summed E-state index contributed by atoms with van der Waals surface area (Å²) in [5, 5.41) is 5.49. The van der Waals surface area contributed by atoms with Crippen LogP contribution in [0.5, 0.6) is 0 Å². The molecular formula is C27H44N4O6. The molecule has 3 rings (SSSR count). The Bertz CT molecular complexity index is 959. The molecule has 0 aromatic carbocycles. The van der Waals surface area contributed by atoms with E-state index in [4.69, 9.17) is 10.5 Å². The summed E-state index contributed by atoms with van der Waals surface area (Å²) < 4.78 is 5.39. The molecule has 4 N–H and O–H groups in total. The fourth-order valence-corrected chi connectivity index (χ4v) is 5.78. The first-order chi connectivity index (χ1) is 16.8. The summed E-state index contributed by atoms with van der Waals surface area (Å²) >= 11 is 0. The molecule has 3 aliphatic rings. The van der Waals surface area contributed by atoms with Crippen LogP contribution in [-0.2, 0) is 23.9 Å². The zero-order valence-corrected chi connectivity index (χ0v) is 23.5. The van der Waals surface area contributed by atoms with Gasteiger partial charge in [0, 0.05) is 6.54 Å². The van der Waals surface area contributed by atoms with Gasteiger partial charge in [0.25, 0.3) is 5.91 Å². The normalized spacial score (nSPS) is 26.3. The van der Waals surface area contributed by atoms with Gasteiger partial charge in [0.2, 0.25) is 17.6 Å². The minimum absolute atomic E-state index is 0.0911. The molecule has 2 aliphatic carbocycles. The molecule has 4 amide bonds. The van der Waals surface area contributed by atoms with Crippen molar-refractivity contribution in [2.75, 3.05) is 6.54 Å². The van der Waals surface area contributed by atoms with Crippen molar-refractivity contribution in [1.82, 2.24) is 15.5 Å². The lowest BCUT2D eigenvalue weighted by molar-refractivity contribution is -0.145. The monoisotopic (exact) mass is 520 g/mol. The van der Waals surface area contributed by atoms with Crippen LogP contribution >= 0.6 is 0 Å². The Morgan fingerprint density at radius 1 is 1.03 bits per heavy atom. The molecule has 37 heavy (non-hydrogen) atoms. The van der Waals surface area contributed by atoms with Gasteiger partial charge in [-0.2, -0.15) is 0 Å². The first-order valence-corrected chi connectivity index (χ1v) is 13.3. The maximum atomic E-state index is 13.9. The van der Waals surface area contributed by atoms with Crippen LogP contribution in [0.25, 0.3) is 0 Å². The van der Waals surface area contributed by atoms with E-state index in [2.05, 4.69) is 24.5 Å². The van der Waals surface area contributed by atoms with E-state index in [9.17, 15) is 24.0 Å². The van der Waals surface area contributed by atoms with Crippen molar-refractivity contribution < 1.29 is 28.7 Å². The van der Waals surface area contributed by atoms with Crippen molar-refractivity contribution in [2.45, 2.75) is 105 Å². The zero-order chi connectivity index (χ0) is 28.1. The van der Waals surface area contributed by atoms with Gasteiger partial charge in [-0.05, 0) is 55.8 Å². The number of Topliss-reactive ketones (excluding diaryl/α,β-unsaturated/α-hetero) is 1. The van der Waals surface area contributed by atoms with Gasteiger partial charge in [-0.3, -0.25) is 19.2 Å². The number of nitrogens with one attached hydrogen (secondary N) is 2. The van der Waals surface area contributed by atoms with Gasteiger partial charge >= 0.3 is 6.09 Å². The number of fused-ring (bicyclic) bond motifs is 1. The minimum Gasteiger partial charge on any atom is -0.444 e. The number of hydrogen-bond acceptors (Lipinski definition) is 6. The van der Waals surface area contributed by atoms with Crippen molar-refractivity contribution >= 4 is 29.6 Å². The second-order valence-corrected chi connectivity index (χ2v) is 13.7. The Kier molecular flexibility index (Phi) is 7.74. The highest BCUT2D eigenvalue weighted by Crippen LogP contribution is 2.65. The Labute approximate surface area is 219 Å². The smallest absolute Gasteiger partial charge is 0.408 e. The predicted octanol–water partition coefficient (Wildman–Crippen LogP) is 2.14. The first-order valence-electron chi connectivity index (χ1n) is 13.3. The lowest BCUT2D eigenvalue weighted by Crippen LogP contribution is -2.61. The molecule has 0 spiro atoms. The van der Waals surface area contributed by atoms with Crippen LogP contribution in [-0.4, -0.2) is 64.8 Å². The summed E-state index contributed by atoms with van der Waals surface area (Å²) in [5.41, 5.74) is 3.73. The molecule has 0 bridgehead atoms. The number of ketones is 1. The second kappa shape index (κ2) is 9.91. The van der Waals surface area contributed by atoms with Crippen molar-refractivity contribution in [3.05, 3.63) is 0 Å². The quantitative estimate of drug-likeness (QED) is 0.418.